The van der Waals surface area contributed by atoms with Gasteiger partial charge in [-0.25, -0.2) is 0 Å². The number of fused-ring (bicyclic) bond motifs is 1. The number of aryl methyl sites for hydroxylation is 1. The van der Waals surface area contributed by atoms with Gasteiger partial charge >= 0.3 is 0 Å². The lowest BCUT2D eigenvalue weighted by Crippen LogP contribution is -2.00. The normalized spacial score (nSPS) is 10.8. The third-order valence-electron chi connectivity index (χ3n) is 2.17. The van der Waals surface area contributed by atoms with Gasteiger partial charge < -0.3 is 5.73 Å². The first-order valence-electron chi connectivity index (χ1n) is 4.52. The Kier molecular flexibility index (Phi) is 2.27. The Morgan fingerprint density at radius 3 is 3.15 bits per heavy atom. The minimum atomic E-state index is 0.753. The number of nitrogens with two attached hydrogens (primary N) is 1. The molecule has 0 fully saturated rings. The van der Waals surface area contributed by atoms with Crippen LogP contribution >= 0.6 is 0 Å². The van der Waals surface area contributed by atoms with Crippen LogP contribution in [0.1, 0.15) is 12.0 Å². The Labute approximate surface area is 76.9 Å². The highest BCUT2D eigenvalue weighted by molar-refractivity contribution is 5.78. The number of rotatable bonds is 3. The van der Waals surface area contributed by atoms with Gasteiger partial charge in [-0.2, -0.15) is 5.10 Å². The molecule has 0 aliphatic rings. The maximum atomic E-state index is 5.45. The lowest BCUT2D eigenvalue weighted by molar-refractivity contribution is 0.833. The molecule has 3 N–H and O–H groups in total. The van der Waals surface area contributed by atoms with Gasteiger partial charge in [-0.3, -0.25) is 5.10 Å². The molecule has 68 valence electrons. The molecule has 0 amide bonds. The average Bonchev–Trinajstić information content (AvgIpc) is 2.61. The lowest BCUT2D eigenvalue weighted by atomic mass is 10.1. The first-order chi connectivity index (χ1) is 6.40. The molecule has 0 bridgehead atoms. The Balaban J connectivity index is 2.26. The Morgan fingerprint density at radius 1 is 1.38 bits per heavy atom. The quantitative estimate of drug-likeness (QED) is 0.741. The van der Waals surface area contributed by atoms with Gasteiger partial charge in [0.1, 0.15) is 0 Å². The van der Waals surface area contributed by atoms with Crippen molar-refractivity contribution in [3.05, 3.63) is 30.0 Å². The molecule has 2 aromatic rings. The summed E-state index contributed by atoms with van der Waals surface area (Å²) in [6.45, 7) is 0.753. The highest BCUT2D eigenvalue weighted by Gasteiger charge is 1.97. The van der Waals surface area contributed by atoms with Crippen molar-refractivity contribution >= 4 is 10.9 Å². The number of nitrogens with zero attached hydrogens (tertiary/aromatic N) is 1. The van der Waals surface area contributed by atoms with E-state index < -0.39 is 0 Å². The summed E-state index contributed by atoms with van der Waals surface area (Å²) >= 11 is 0. The monoisotopic (exact) mass is 175 g/mol. The van der Waals surface area contributed by atoms with Gasteiger partial charge in [0.15, 0.2) is 0 Å². The first kappa shape index (κ1) is 8.26. The number of hydrogen-bond acceptors (Lipinski definition) is 2. The molecule has 0 aliphatic heterocycles. The van der Waals surface area contributed by atoms with Gasteiger partial charge in [-0.15, -0.1) is 0 Å². The van der Waals surface area contributed by atoms with Gasteiger partial charge in [0.05, 0.1) is 11.7 Å². The molecular formula is C10H13N3. The van der Waals surface area contributed by atoms with Crippen molar-refractivity contribution in [2.24, 2.45) is 5.73 Å². The zero-order valence-electron chi connectivity index (χ0n) is 7.46. The molecule has 3 heteroatoms. The highest BCUT2D eigenvalue weighted by atomic mass is 15.1. The van der Waals surface area contributed by atoms with E-state index in [2.05, 4.69) is 28.4 Å². The van der Waals surface area contributed by atoms with Crippen molar-refractivity contribution in [2.75, 3.05) is 6.54 Å². The first-order valence-corrected chi connectivity index (χ1v) is 4.52. The summed E-state index contributed by atoms with van der Waals surface area (Å²) in [6, 6.07) is 6.35. The van der Waals surface area contributed by atoms with E-state index in [0.717, 1.165) is 24.9 Å². The predicted octanol–water partition coefficient (Wildman–Crippen LogP) is 1.45. The number of benzene rings is 1. The summed E-state index contributed by atoms with van der Waals surface area (Å²) in [4.78, 5) is 0. The van der Waals surface area contributed by atoms with Crippen LogP contribution in [-0.2, 0) is 6.42 Å². The van der Waals surface area contributed by atoms with Crippen LogP contribution in [0.4, 0.5) is 0 Å². The van der Waals surface area contributed by atoms with Crippen molar-refractivity contribution in [1.29, 1.82) is 0 Å². The Morgan fingerprint density at radius 2 is 2.31 bits per heavy atom. The van der Waals surface area contributed by atoms with Crippen LogP contribution < -0.4 is 5.73 Å². The van der Waals surface area contributed by atoms with Gasteiger partial charge in [0.25, 0.3) is 0 Å². The van der Waals surface area contributed by atoms with E-state index in [0.29, 0.717) is 0 Å². The fourth-order valence-electron chi connectivity index (χ4n) is 1.45. The van der Waals surface area contributed by atoms with E-state index in [4.69, 9.17) is 5.73 Å². The summed E-state index contributed by atoms with van der Waals surface area (Å²) in [6.07, 6.45) is 3.95. The summed E-state index contributed by atoms with van der Waals surface area (Å²) < 4.78 is 0. The zero-order valence-corrected chi connectivity index (χ0v) is 7.46. The van der Waals surface area contributed by atoms with Gasteiger partial charge in [-0.1, -0.05) is 6.07 Å². The van der Waals surface area contributed by atoms with Crippen LogP contribution in [0.5, 0.6) is 0 Å². The van der Waals surface area contributed by atoms with E-state index in [9.17, 15) is 0 Å². The number of aromatic nitrogens is 2. The number of nitrogens with one attached hydrogen (secondary N) is 1. The predicted molar refractivity (Wildman–Crippen MR) is 53.5 cm³/mol. The smallest absolute Gasteiger partial charge is 0.0650 e. The standard InChI is InChI=1S/C10H13N3/c11-5-1-2-8-3-4-10-9(6-8)7-12-13-10/h3-4,6-7H,1-2,5,11H2,(H,12,13). The second kappa shape index (κ2) is 3.58. The zero-order chi connectivity index (χ0) is 9.10. The number of hydrogen-bond donors (Lipinski definition) is 2. The van der Waals surface area contributed by atoms with Crippen LogP contribution in [0, 0.1) is 0 Å². The van der Waals surface area contributed by atoms with Crippen LogP contribution in [0.3, 0.4) is 0 Å². The topological polar surface area (TPSA) is 54.7 Å². The average molecular weight is 175 g/mol. The molecule has 0 unspecified atom stereocenters. The van der Waals surface area contributed by atoms with E-state index in [-0.39, 0.29) is 0 Å². The Hall–Kier alpha value is -1.35. The minimum absolute atomic E-state index is 0.753. The van der Waals surface area contributed by atoms with Gasteiger partial charge in [0.2, 0.25) is 0 Å². The molecule has 0 saturated heterocycles. The van der Waals surface area contributed by atoms with E-state index in [1.165, 1.54) is 10.9 Å². The largest absolute Gasteiger partial charge is 0.330 e. The van der Waals surface area contributed by atoms with Crippen LogP contribution in [0.25, 0.3) is 10.9 Å². The maximum absolute atomic E-state index is 5.45. The van der Waals surface area contributed by atoms with Crippen LogP contribution in [0.2, 0.25) is 0 Å². The summed E-state index contributed by atoms with van der Waals surface area (Å²) in [7, 11) is 0. The van der Waals surface area contributed by atoms with Crippen molar-refractivity contribution in [2.45, 2.75) is 12.8 Å². The van der Waals surface area contributed by atoms with Gasteiger partial charge in [0, 0.05) is 5.39 Å². The van der Waals surface area contributed by atoms with Crippen molar-refractivity contribution in [1.82, 2.24) is 10.2 Å². The van der Waals surface area contributed by atoms with Gasteiger partial charge in [-0.05, 0) is 37.1 Å². The molecule has 1 heterocycles. The molecule has 0 radical (unpaired) electrons. The molecule has 0 saturated carbocycles. The third-order valence-corrected chi connectivity index (χ3v) is 2.17. The molecular weight excluding hydrogens is 162 g/mol. The number of H-pyrrole nitrogens is 1. The van der Waals surface area contributed by atoms with Crippen molar-refractivity contribution in [3.8, 4) is 0 Å². The molecule has 0 spiro atoms. The second-order valence-corrected chi connectivity index (χ2v) is 3.18. The van der Waals surface area contributed by atoms with E-state index in [1.54, 1.807) is 0 Å². The number of aromatic amines is 1. The minimum Gasteiger partial charge on any atom is -0.330 e. The van der Waals surface area contributed by atoms with E-state index >= 15 is 0 Å². The molecule has 3 nitrogen and oxygen atoms in total. The second-order valence-electron chi connectivity index (χ2n) is 3.18. The summed E-state index contributed by atoms with van der Waals surface area (Å²) in [5, 5.41) is 8.08. The molecule has 0 atom stereocenters. The molecule has 1 aromatic carbocycles. The van der Waals surface area contributed by atoms with Crippen LogP contribution in [0.15, 0.2) is 24.4 Å². The third kappa shape index (κ3) is 1.70. The Bertz CT molecular complexity index is 392. The van der Waals surface area contributed by atoms with Crippen molar-refractivity contribution < 1.29 is 0 Å². The van der Waals surface area contributed by atoms with Crippen molar-refractivity contribution in [3.63, 3.8) is 0 Å². The summed E-state index contributed by atoms with van der Waals surface area (Å²) in [5.41, 5.74) is 7.88. The SMILES string of the molecule is NCCCc1ccc2[nH]ncc2c1. The lowest BCUT2D eigenvalue weighted by Gasteiger charge is -1.98. The van der Waals surface area contributed by atoms with E-state index in [1.807, 2.05) is 6.20 Å². The molecule has 0 aliphatic carbocycles. The fourth-order valence-corrected chi connectivity index (χ4v) is 1.45. The highest BCUT2D eigenvalue weighted by Crippen LogP contribution is 2.13. The summed E-state index contributed by atoms with van der Waals surface area (Å²) in [5.74, 6) is 0. The molecule has 13 heavy (non-hydrogen) atoms. The van der Waals surface area contributed by atoms with Crippen LogP contribution in [-0.4, -0.2) is 16.7 Å². The molecule has 2 rings (SSSR count). The molecule has 1 aromatic heterocycles. The fraction of sp³-hybridized carbons (Fsp3) is 0.300. The maximum Gasteiger partial charge on any atom is 0.0650 e.